The minimum atomic E-state index is -3.66. The zero-order chi connectivity index (χ0) is 23.8. The third-order valence-electron chi connectivity index (χ3n) is 4.96. The lowest BCUT2D eigenvalue weighted by Gasteiger charge is -2.23. The van der Waals surface area contributed by atoms with Gasteiger partial charge in [0, 0.05) is 11.3 Å². The minimum Gasteiger partial charge on any atom is -0.489 e. The number of carbonyl (C=O) groups is 1. The number of amides is 1. The smallest absolute Gasteiger partial charge is 0.245 e. The molecule has 0 saturated heterocycles. The standard InChI is InChI=1S/C25H25N3O4S/c1-19-7-3-6-10-24(19)28(33(2,30)31)17-25(29)27-23-9-5-4-8-21(23)18-32-22-13-11-20(12-14-22)15-16-26/h3-14H,15,17-18H2,1-2H3,(H,27,29). The number of carbonyl (C=O) groups excluding carboxylic acids is 1. The number of nitrogens with one attached hydrogen (secondary N) is 1. The lowest BCUT2D eigenvalue weighted by atomic mass is 10.1. The average molecular weight is 464 g/mol. The molecule has 0 unspecified atom stereocenters. The number of hydrogen-bond donors (Lipinski definition) is 1. The normalized spacial score (nSPS) is 10.8. The SMILES string of the molecule is Cc1ccccc1N(CC(=O)Nc1ccccc1COc1ccc(CC#N)cc1)S(C)(=O)=O. The molecular formula is C25H25N3O4S. The summed E-state index contributed by atoms with van der Waals surface area (Å²) in [5.41, 5.74) is 3.41. The van der Waals surface area contributed by atoms with E-state index in [4.69, 9.17) is 10.00 Å². The molecule has 1 N–H and O–H groups in total. The highest BCUT2D eigenvalue weighted by atomic mass is 32.2. The number of nitrogens with zero attached hydrogens (tertiary/aromatic N) is 2. The molecule has 0 bridgehead atoms. The fourth-order valence-electron chi connectivity index (χ4n) is 3.27. The Balaban J connectivity index is 1.71. The maximum absolute atomic E-state index is 12.8. The van der Waals surface area contributed by atoms with Crippen molar-refractivity contribution in [3.63, 3.8) is 0 Å². The Morgan fingerprint density at radius 1 is 1.03 bits per heavy atom. The number of sulfonamides is 1. The Kier molecular flexibility index (Phi) is 7.70. The van der Waals surface area contributed by atoms with E-state index < -0.39 is 15.9 Å². The maximum Gasteiger partial charge on any atom is 0.245 e. The van der Waals surface area contributed by atoms with E-state index in [0.29, 0.717) is 23.5 Å². The molecule has 0 aliphatic heterocycles. The fraction of sp³-hybridized carbons (Fsp3) is 0.200. The maximum atomic E-state index is 12.8. The molecule has 0 aromatic heterocycles. The molecule has 3 aromatic carbocycles. The molecule has 0 saturated carbocycles. The van der Waals surface area contributed by atoms with Gasteiger partial charge in [-0.2, -0.15) is 5.26 Å². The van der Waals surface area contributed by atoms with E-state index in [-0.39, 0.29) is 13.2 Å². The summed E-state index contributed by atoms with van der Waals surface area (Å²) in [6, 6.07) is 23.5. The quantitative estimate of drug-likeness (QED) is 0.516. The molecule has 3 aromatic rings. The van der Waals surface area contributed by atoms with Crippen LogP contribution < -0.4 is 14.4 Å². The molecule has 8 heteroatoms. The molecule has 0 radical (unpaired) electrons. The first-order chi connectivity index (χ1) is 15.8. The Hall–Kier alpha value is -3.83. The van der Waals surface area contributed by atoms with Crippen molar-refractivity contribution in [3.05, 3.63) is 89.5 Å². The van der Waals surface area contributed by atoms with Crippen LogP contribution in [0, 0.1) is 18.3 Å². The van der Waals surface area contributed by atoms with Crippen molar-refractivity contribution >= 4 is 27.3 Å². The molecular weight excluding hydrogens is 438 g/mol. The number of para-hydroxylation sites is 2. The van der Waals surface area contributed by atoms with Gasteiger partial charge in [0.25, 0.3) is 0 Å². The number of ether oxygens (including phenoxy) is 1. The Labute approximate surface area is 194 Å². The van der Waals surface area contributed by atoms with Crippen molar-refractivity contribution < 1.29 is 17.9 Å². The summed E-state index contributed by atoms with van der Waals surface area (Å²) in [6.07, 6.45) is 1.42. The molecule has 0 fully saturated rings. The molecule has 0 aliphatic rings. The highest BCUT2D eigenvalue weighted by Gasteiger charge is 2.22. The van der Waals surface area contributed by atoms with Crippen molar-refractivity contribution in [2.45, 2.75) is 20.0 Å². The molecule has 3 rings (SSSR count). The number of aryl methyl sites for hydroxylation is 1. The van der Waals surface area contributed by atoms with E-state index in [1.165, 1.54) is 0 Å². The first-order valence-corrected chi connectivity index (χ1v) is 12.1. The summed E-state index contributed by atoms with van der Waals surface area (Å²) in [7, 11) is -3.66. The van der Waals surface area contributed by atoms with Gasteiger partial charge in [0.1, 0.15) is 18.9 Å². The van der Waals surface area contributed by atoms with Gasteiger partial charge in [0.15, 0.2) is 0 Å². The van der Waals surface area contributed by atoms with E-state index in [0.717, 1.165) is 27.3 Å². The van der Waals surface area contributed by atoms with Gasteiger partial charge in [-0.05, 0) is 42.3 Å². The van der Waals surface area contributed by atoms with Crippen LogP contribution in [-0.2, 0) is 27.8 Å². The van der Waals surface area contributed by atoms with Crippen molar-refractivity contribution in [1.29, 1.82) is 5.26 Å². The summed E-state index contributed by atoms with van der Waals surface area (Å²) in [6.45, 7) is 1.66. The predicted molar refractivity (Wildman–Crippen MR) is 129 cm³/mol. The Morgan fingerprint density at radius 3 is 2.36 bits per heavy atom. The summed E-state index contributed by atoms with van der Waals surface area (Å²) < 4.78 is 31.7. The van der Waals surface area contributed by atoms with Gasteiger partial charge in [0.05, 0.1) is 24.4 Å². The molecule has 33 heavy (non-hydrogen) atoms. The van der Waals surface area contributed by atoms with E-state index in [1.54, 1.807) is 49.4 Å². The van der Waals surface area contributed by atoms with Crippen LogP contribution in [0.2, 0.25) is 0 Å². The number of benzene rings is 3. The molecule has 0 atom stereocenters. The third-order valence-corrected chi connectivity index (χ3v) is 6.09. The minimum absolute atomic E-state index is 0.210. The molecule has 1 amide bonds. The van der Waals surface area contributed by atoms with Gasteiger partial charge in [0.2, 0.25) is 15.9 Å². The average Bonchev–Trinajstić information content (AvgIpc) is 2.78. The molecule has 170 valence electrons. The van der Waals surface area contributed by atoms with Crippen LogP contribution in [0.4, 0.5) is 11.4 Å². The second-order valence-corrected chi connectivity index (χ2v) is 9.44. The first kappa shape index (κ1) is 23.8. The van der Waals surface area contributed by atoms with Crippen molar-refractivity contribution in [1.82, 2.24) is 0 Å². The third kappa shape index (κ3) is 6.57. The fourth-order valence-corrected chi connectivity index (χ4v) is 4.18. The zero-order valence-corrected chi connectivity index (χ0v) is 19.3. The number of nitriles is 1. The second kappa shape index (κ2) is 10.7. The lowest BCUT2D eigenvalue weighted by Crippen LogP contribution is -2.38. The van der Waals surface area contributed by atoms with Crippen molar-refractivity contribution in [2.75, 3.05) is 22.4 Å². The number of rotatable bonds is 9. The van der Waals surface area contributed by atoms with Gasteiger partial charge in [-0.3, -0.25) is 9.10 Å². The van der Waals surface area contributed by atoms with Crippen LogP contribution in [0.3, 0.4) is 0 Å². The van der Waals surface area contributed by atoms with Crippen LogP contribution in [0.15, 0.2) is 72.8 Å². The molecule has 0 spiro atoms. The second-order valence-electron chi connectivity index (χ2n) is 7.53. The topological polar surface area (TPSA) is 99.5 Å². The van der Waals surface area contributed by atoms with Gasteiger partial charge in [-0.15, -0.1) is 0 Å². The first-order valence-electron chi connectivity index (χ1n) is 10.3. The van der Waals surface area contributed by atoms with Gasteiger partial charge >= 0.3 is 0 Å². The van der Waals surface area contributed by atoms with Gasteiger partial charge in [-0.1, -0.05) is 48.5 Å². The van der Waals surface area contributed by atoms with E-state index in [2.05, 4.69) is 11.4 Å². The van der Waals surface area contributed by atoms with E-state index >= 15 is 0 Å². The summed E-state index contributed by atoms with van der Waals surface area (Å²) in [5, 5.41) is 11.6. The molecule has 0 heterocycles. The summed E-state index contributed by atoms with van der Waals surface area (Å²) in [5.74, 6) is 0.178. The van der Waals surface area contributed by atoms with Crippen molar-refractivity contribution in [3.8, 4) is 11.8 Å². The van der Waals surface area contributed by atoms with Crippen LogP contribution in [0.25, 0.3) is 0 Å². The van der Waals surface area contributed by atoms with Crippen LogP contribution in [0.5, 0.6) is 5.75 Å². The van der Waals surface area contributed by atoms with Crippen LogP contribution in [0.1, 0.15) is 16.7 Å². The number of anilines is 2. The van der Waals surface area contributed by atoms with E-state index in [9.17, 15) is 13.2 Å². The largest absolute Gasteiger partial charge is 0.489 e. The van der Waals surface area contributed by atoms with E-state index in [1.807, 2.05) is 30.3 Å². The number of hydrogen-bond acceptors (Lipinski definition) is 5. The highest BCUT2D eigenvalue weighted by molar-refractivity contribution is 7.92. The van der Waals surface area contributed by atoms with Gasteiger partial charge in [-0.25, -0.2) is 8.42 Å². The zero-order valence-electron chi connectivity index (χ0n) is 18.5. The van der Waals surface area contributed by atoms with Crippen LogP contribution >= 0.6 is 0 Å². The molecule has 0 aliphatic carbocycles. The Morgan fingerprint density at radius 2 is 1.70 bits per heavy atom. The van der Waals surface area contributed by atoms with Crippen molar-refractivity contribution in [2.24, 2.45) is 0 Å². The summed E-state index contributed by atoms with van der Waals surface area (Å²) >= 11 is 0. The highest BCUT2D eigenvalue weighted by Crippen LogP contribution is 2.23. The monoisotopic (exact) mass is 463 g/mol. The summed E-state index contributed by atoms with van der Waals surface area (Å²) in [4.78, 5) is 12.8. The Bertz CT molecular complexity index is 1270. The molecule has 7 nitrogen and oxygen atoms in total. The lowest BCUT2D eigenvalue weighted by molar-refractivity contribution is -0.114. The predicted octanol–water partition coefficient (Wildman–Crippen LogP) is 4.04. The van der Waals surface area contributed by atoms with Gasteiger partial charge < -0.3 is 10.1 Å². The van der Waals surface area contributed by atoms with Crippen LogP contribution in [-0.4, -0.2) is 27.1 Å².